The van der Waals surface area contributed by atoms with E-state index in [1.165, 1.54) is 25.3 Å². The van der Waals surface area contributed by atoms with Gasteiger partial charge in [0.15, 0.2) is 17.4 Å². The molecule has 2 N–H and O–H groups in total. The molecule has 0 amide bonds. The van der Waals surface area contributed by atoms with Gasteiger partial charge in [0.1, 0.15) is 0 Å². The molecule has 7 heteroatoms. The third kappa shape index (κ3) is 2.37. The van der Waals surface area contributed by atoms with Gasteiger partial charge >= 0.3 is 0 Å². The number of hydrogen-bond acceptors (Lipinski definition) is 3. The van der Waals surface area contributed by atoms with Crippen LogP contribution in [0, 0.1) is 17.6 Å². The molecule has 19 heavy (non-hydrogen) atoms. The van der Waals surface area contributed by atoms with Crippen molar-refractivity contribution < 1.29 is 17.9 Å². The van der Waals surface area contributed by atoms with E-state index in [9.17, 15) is 13.2 Å². The van der Waals surface area contributed by atoms with E-state index >= 15 is 0 Å². The fourth-order valence-electron chi connectivity index (χ4n) is 1.58. The summed E-state index contributed by atoms with van der Waals surface area (Å²) in [5, 5.41) is 0. The molecule has 0 aliphatic carbocycles. The summed E-state index contributed by atoms with van der Waals surface area (Å²) in [6.45, 7) is 0. The van der Waals surface area contributed by atoms with E-state index in [0.717, 1.165) is 0 Å². The van der Waals surface area contributed by atoms with Crippen molar-refractivity contribution in [2.24, 2.45) is 0 Å². The number of nitrogens with two attached hydrogens (primary N) is 1. The summed E-state index contributed by atoms with van der Waals surface area (Å²) in [6, 6.07) is 3.79. The Morgan fingerprint density at radius 1 is 1.21 bits per heavy atom. The molecule has 100 valence electrons. The summed E-state index contributed by atoms with van der Waals surface area (Å²) in [4.78, 5) is 3.51. The van der Waals surface area contributed by atoms with Crippen LogP contribution in [0.4, 0.5) is 18.9 Å². The fraction of sp³-hybridized carbons (Fsp3) is 0.0833. The zero-order valence-corrected chi connectivity index (χ0v) is 11.3. The van der Waals surface area contributed by atoms with E-state index in [4.69, 9.17) is 10.5 Å². The van der Waals surface area contributed by atoms with Crippen molar-refractivity contribution in [3.8, 4) is 17.0 Å². The molecule has 0 radical (unpaired) electrons. The van der Waals surface area contributed by atoms with Crippen molar-refractivity contribution in [2.45, 2.75) is 0 Å². The number of aromatic nitrogens is 1. The molecule has 0 aliphatic heterocycles. The first kappa shape index (κ1) is 13.7. The number of benzene rings is 1. The summed E-state index contributed by atoms with van der Waals surface area (Å²) >= 11 is 2.85. The third-order valence-electron chi connectivity index (χ3n) is 2.48. The summed E-state index contributed by atoms with van der Waals surface area (Å²) in [5.41, 5.74) is 5.21. The molecule has 0 atom stereocenters. The van der Waals surface area contributed by atoms with Crippen molar-refractivity contribution >= 4 is 21.6 Å². The Kier molecular flexibility index (Phi) is 3.66. The predicted molar refractivity (Wildman–Crippen MR) is 68.2 cm³/mol. The van der Waals surface area contributed by atoms with Gasteiger partial charge in [-0.15, -0.1) is 0 Å². The van der Waals surface area contributed by atoms with Crippen LogP contribution in [0.3, 0.4) is 0 Å². The van der Waals surface area contributed by atoms with E-state index in [0.29, 0.717) is 0 Å². The fourth-order valence-corrected chi connectivity index (χ4v) is 1.89. The quantitative estimate of drug-likeness (QED) is 0.676. The van der Waals surface area contributed by atoms with Crippen LogP contribution in [0.2, 0.25) is 0 Å². The molecular formula is C12H8BrF3N2O. The topological polar surface area (TPSA) is 48.1 Å². The van der Waals surface area contributed by atoms with Gasteiger partial charge in [-0.25, -0.2) is 13.8 Å². The maximum atomic E-state index is 13.8. The molecule has 0 unspecified atom stereocenters. The van der Waals surface area contributed by atoms with Gasteiger partial charge < -0.3 is 10.5 Å². The predicted octanol–water partition coefficient (Wildman–Crippen LogP) is 3.52. The Morgan fingerprint density at radius 3 is 2.47 bits per heavy atom. The second-order valence-corrected chi connectivity index (χ2v) is 4.50. The van der Waals surface area contributed by atoms with Gasteiger partial charge in [-0.3, -0.25) is 0 Å². The van der Waals surface area contributed by atoms with Crippen molar-refractivity contribution in [3.63, 3.8) is 0 Å². The second-order valence-electron chi connectivity index (χ2n) is 3.64. The van der Waals surface area contributed by atoms with Crippen molar-refractivity contribution in [3.05, 3.63) is 40.3 Å². The molecule has 0 saturated carbocycles. The summed E-state index contributed by atoms with van der Waals surface area (Å²) in [5.74, 6) is -3.43. The van der Waals surface area contributed by atoms with Crippen LogP contribution in [0.1, 0.15) is 0 Å². The van der Waals surface area contributed by atoms with Gasteiger partial charge in [0.25, 0.3) is 5.95 Å². The Bertz CT molecular complexity index is 626. The Labute approximate surface area is 115 Å². The van der Waals surface area contributed by atoms with Gasteiger partial charge in [0.05, 0.1) is 23.0 Å². The number of ether oxygens (including phenoxy) is 1. The number of nitrogen functional groups attached to an aromatic ring is 1. The van der Waals surface area contributed by atoms with E-state index in [1.807, 2.05) is 0 Å². The second kappa shape index (κ2) is 5.08. The molecule has 3 nitrogen and oxygen atoms in total. The van der Waals surface area contributed by atoms with Gasteiger partial charge in [-0.1, -0.05) is 0 Å². The molecule has 1 heterocycles. The van der Waals surface area contributed by atoms with E-state index < -0.39 is 17.6 Å². The number of halogens is 4. The lowest BCUT2D eigenvalue weighted by atomic mass is 10.1. The summed E-state index contributed by atoms with van der Waals surface area (Å²) < 4.78 is 45.4. The van der Waals surface area contributed by atoms with Crippen LogP contribution >= 0.6 is 15.9 Å². The van der Waals surface area contributed by atoms with Gasteiger partial charge in [-0.05, 0) is 34.1 Å². The number of nitrogens with zero attached hydrogens (tertiary/aromatic N) is 1. The lowest BCUT2D eigenvalue weighted by Crippen LogP contribution is -2.01. The molecule has 0 fully saturated rings. The molecule has 0 spiro atoms. The number of methoxy groups -OCH3 is 1. The van der Waals surface area contributed by atoms with Crippen LogP contribution in [-0.2, 0) is 0 Å². The average molecular weight is 333 g/mol. The van der Waals surface area contributed by atoms with Gasteiger partial charge in [0.2, 0.25) is 0 Å². The average Bonchev–Trinajstić information content (AvgIpc) is 2.35. The first-order valence-electron chi connectivity index (χ1n) is 5.09. The highest BCUT2D eigenvalue weighted by atomic mass is 79.9. The number of hydrogen-bond donors (Lipinski definition) is 1. The van der Waals surface area contributed by atoms with E-state index in [1.54, 1.807) is 0 Å². The highest BCUT2D eigenvalue weighted by molar-refractivity contribution is 9.10. The zero-order chi connectivity index (χ0) is 14.2. The molecule has 0 bridgehead atoms. The standard InChI is InChI=1S/C12H8BrF3N2O/c1-19-11-7(17)4-8(18-12(11)16)5-2-3-6(13)10(15)9(5)14/h2-4H,1H3,(H2,17,18). The minimum atomic E-state index is -1.13. The normalized spacial score (nSPS) is 10.6. The van der Waals surface area contributed by atoms with Crippen molar-refractivity contribution in [1.29, 1.82) is 0 Å². The van der Waals surface area contributed by atoms with Crippen molar-refractivity contribution in [2.75, 3.05) is 12.8 Å². The van der Waals surface area contributed by atoms with Gasteiger partial charge in [-0.2, -0.15) is 4.39 Å². The van der Waals surface area contributed by atoms with Crippen LogP contribution in [-0.4, -0.2) is 12.1 Å². The van der Waals surface area contributed by atoms with E-state index in [-0.39, 0.29) is 27.2 Å². The first-order valence-corrected chi connectivity index (χ1v) is 5.89. The SMILES string of the molecule is COc1c(N)cc(-c2ccc(Br)c(F)c2F)nc1F. The Hall–Kier alpha value is -1.76. The largest absolute Gasteiger partial charge is 0.490 e. The maximum Gasteiger partial charge on any atom is 0.258 e. The smallest absolute Gasteiger partial charge is 0.258 e. The van der Waals surface area contributed by atoms with Crippen molar-refractivity contribution in [1.82, 2.24) is 4.98 Å². The summed E-state index contributed by atoms with van der Waals surface area (Å²) in [7, 11) is 1.23. The Morgan fingerprint density at radius 2 is 1.89 bits per heavy atom. The maximum absolute atomic E-state index is 13.8. The number of anilines is 1. The lowest BCUT2D eigenvalue weighted by Gasteiger charge is -2.09. The third-order valence-corrected chi connectivity index (χ3v) is 3.09. The number of pyridine rings is 1. The molecule has 0 aliphatic rings. The molecule has 2 aromatic rings. The molecule has 0 saturated heterocycles. The van der Waals surface area contributed by atoms with Crippen LogP contribution in [0.25, 0.3) is 11.3 Å². The Balaban J connectivity index is 2.64. The van der Waals surface area contributed by atoms with Gasteiger partial charge in [0, 0.05) is 5.56 Å². The highest BCUT2D eigenvalue weighted by Gasteiger charge is 2.18. The lowest BCUT2D eigenvalue weighted by molar-refractivity contribution is 0.380. The van der Waals surface area contributed by atoms with Crippen LogP contribution in [0.15, 0.2) is 22.7 Å². The molecule has 1 aromatic carbocycles. The monoisotopic (exact) mass is 332 g/mol. The van der Waals surface area contributed by atoms with Crippen LogP contribution in [0.5, 0.6) is 5.75 Å². The van der Waals surface area contributed by atoms with E-state index in [2.05, 4.69) is 20.9 Å². The highest BCUT2D eigenvalue weighted by Crippen LogP contribution is 2.32. The summed E-state index contributed by atoms with van der Waals surface area (Å²) in [6.07, 6.45) is 0. The number of rotatable bonds is 2. The zero-order valence-electron chi connectivity index (χ0n) is 9.68. The molecule has 2 rings (SSSR count). The van der Waals surface area contributed by atoms with Crippen LogP contribution < -0.4 is 10.5 Å². The molecule has 1 aromatic heterocycles. The minimum absolute atomic E-state index is 0.0318. The minimum Gasteiger partial charge on any atom is -0.490 e. The molecular weight excluding hydrogens is 325 g/mol. The first-order chi connectivity index (χ1) is 8.95.